The van der Waals surface area contributed by atoms with Crippen molar-refractivity contribution in [2.75, 3.05) is 7.11 Å². The lowest BCUT2D eigenvalue weighted by atomic mass is 9.70. The van der Waals surface area contributed by atoms with E-state index in [1.165, 1.54) is 6.07 Å². The smallest absolute Gasteiger partial charge is 0.405 e. The Hall–Kier alpha value is -2.56. The van der Waals surface area contributed by atoms with Crippen molar-refractivity contribution in [3.05, 3.63) is 53.3 Å². The SMILES string of the molecule is COc1ccc(-c2cc3c(cc2F)[C@H](NC(=O)O)C(C)(C)CC3)cc1. The fourth-order valence-corrected chi connectivity index (χ4v) is 3.53. The number of carbonyl (C=O) groups is 1. The maximum Gasteiger partial charge on any atom is 0.405 e. The van der Waals surface area contributed by atoms with Crippen molar-refractivity contribution in [3.63, 3.8) is 0 Å². The van der Waals surface area contributed by atoms with Crippen molar-refractivity contribution in [1.29, 1.82) is 0 Å². The number of methoxy groups -OCH3 is 1. The molecule has 0 aromatic heterocycles. The summed E-state index contributed by atoms with van der Waals surface area (Å²) in [6, 6.07) is 10.1. The summed E-state index contributed by atoms with van der Waals surface area (Å²) in [5, 5.41) is 11.7. The third-order valence-electron chi connectivity index (χ3n) is 5.03. The zero-order valence-corrected chi connectivity index (χ0v) is 14.6. The summed E-state index contributed by atoms with van der Waals surface area (Å²) in [6.45, 7) is 4.01. The highest BCUT2D eigenvalue weighted by molar-refractivity contribution is 5.68. The Morgan fingerprint density at radius 1 is 1.28 bits per heavy atom. The standard InChI is InChI=1S/C20H22FNO3/c1-20(2)9-8-13-10-15(12-4-6-14(25-3)7-5-12)17(21)11-16(13)18(20)22-19(23)24/h4-7,10-11,18,22H,8-9H2,1-3H3,(H,23,24)/t18-/m0/s1. The van der Waals surface area contributed by atoms with E-state index in [2.05, 4.69) is 5.32 Å². The molecule has 2 aromatic carbocycles. The molecule has 0 fully saturated rings. The summed E-state index contributed by atoms with van der Waals surface area (Å²) >= 11 is 0. The highest BCUT2D eigenvalue weighted by Crippen LogP contribution is 2.45. The first-order valence-electron chi connectivity index (χ1n) is 8.28. The van der Waals surface area contributed by atoms with Crippen LogP contribution in [0, 0.1) is 11.2 Å². The molecule has 0 aliphatic heterocycles. The van der Waals surface area contributed by atoms with Crippen molar-refractivity contribution in [1.82, 2.24) is 5.32 Å². The number of hydrogen-bond donors (Lipinski definition) is 2. The van der Waals surface area contributed by atoms with Gasteiger partial charge in [0.1, 0.15) is 11.6 Å². The molecule has 1 atom stereocenters. The Morgan fingerprint density at radius 2 is 1.96 bits per heavy atom. The molecule has 0 radical (unpaired) electrons. The molecule has 5 heteroatoms. The van der Waals surface area contributed by atoms with Crippen molar-refractivity contribution in [2.24, 2.45) is 5.41 Å². The first-order chi connectivity index (χ1) is 11.8. The number of fused-ring (bicyclic) bond motifs is 1. The average Bonchev–Trinajstić information content (AvgIpc) is 2.57. The highest BCUT2D eigenvalue weighted by atomic mass is 19.1. The molecular weight excluding hydrogens is 321 g/mol. The van der Waals surface area contributed by atoms with E-state index in [0.717, 1.165) is 35.3 Å². The van der Waals surface area contributed by atoms with Gasteiger partial charge in [-0.15, -0.1) is 0 Å². The lowest BCUT2D eigenvalue weighted by molar-refractivity contribution is 0.161. The quantitative estimate of drug-likeness (QED) is 0.843. The number of hydrogen-bond acceptors (Lipinski definition) is 2. The first kappa shape index (κ1) is 17.3. The molecular formula is C20H22FNO3. The molecule has 0 unspecified atom stereocenters. The van der Waals surface area contributed by atoms with E-state index in [1.54, 1.807) is 19.2 Å². The second-order valence-corrected chi connectivity index (χ2v) is 7.13. The number of carboxylic acid groups (broad SMARTS) is 1. The molecule has 1 aliphatic rings. The fourth-order valence-electron chi connectivity index (χ4n) is 3.53. The minimum absolute atomic E-state index is 0.264. The van der Waals surface area contributed by atoms with Gasteiger partial charge in [0.2, 0.25) is 0 Å². The molecule has 132 valence electrons. The summed E-state index contributed by atoms with van der Waals surface area (Å²) in [6.07, 6.45) is 0.535. The lowest BCUT2D eigenvalue weighted by Gasteiger charge is -2.40. The van der Waals surface area contributed by atoms with Crippen LogP contribution in [0.4, 0.5) is 9.18 Å². The van der Waals surface area contributed by atoms with Gasteiger partial charge in [-0.2, -0.15) is 0 Å². The predicted octanol–water partition coefficient (Wildman–Crippen LogP) is 4.78. The topological polar surface area (TPSA) is 58.6 Å². The maximum absolute atomic E-state index is 14.8. The van der Waals surface area contributed by atoms with E-state index < -0.39 is 12.1 Å². The van der Waals surface area contributed by atoms with Crippen LogP contribution in [0.2, 0.25) is 0 Å². The van der Waals surface area contributed by atoms with Gasteiger partial charge in [0.05, 0.1) is 13.2 Å². The van der Waals surface area contributed by atoms with Gasteiger partial charge >= 0.3 is 6.09 Å². The molecule has 1 amide bonds. The molecule has 25 heavy (non-hydrogen) atoms. The van der Waals surface area contributed by atoms with Crippen molar-refractivity contribution in [3.8, 4) is 16.9 Å². The minimum atomic E-state index is -1.09. The normalized spacial score (nSPS) is 18.3. The van der Waals surface area contributed by atoms with Crippen LogP contribution in [-0.2, 0) is 6.42 Å². The molecule has 4 nitrogen and oxygen atoms in total. The van der Waals surface area contributed by atoms with Gasteiger partial charge in [0, 0.05) is 5.56 Å². The second-order valence-electron chi connectivity index (χ2n) is 7.13. The number of halogens is 1. The van der Waals surface area contributed by atoms with Gasteiger partial charge in [0.15, 0.2) is 0 Å². The lowest BCUT2D eigenvalue weighted by Crippen LogP contribution is -2.40. The monoisotopic (exact) mass is 343 g/mol. The second kappa shape index (κ2) is 6.39. The molecule has 2 aromatic rings. The van der Waals surface area contributed by atoms with E-state index in [0.29, 0.717) is 5.56 Å². The number of amides is 1. The van der Waals surface area contributed by atoms with Gasteiger partial charge < -0.3 is 15.2 Å². The van der Waals surface area contributed by atoms with E-state index in [9.17, 15) is 9.18 Å². The number of nitrogens with one attached hydrogen (secondary N) is 1. The zero-order valence-electron chi connectivity index (χ0n) is 14.6. The third kappa shape index (κ3) is 3.31. The number of benzene rings is 2. The van der Waals surface area contributed by atoms with Gasteiger partial charge in [-0.3, -0.25) is 0 Å². The van der Waals surface area contributed by atoms with E-state index in [4.69, 9.17) is 9.84 Å². The van der Waals surface area contributed by atoms with Crippen LogP contribution < -0.4 is 10.1 Å². The highest BCUT2D eigenvalue weighted by Gasteiger charge is 2.37. The third-order valence-corrected chi connectivity index (χ3v) is 5.03. The van der Waals surface area contributed by atoms with Crippen molar-refractivity contribution in [2.45, 2.75) is 32.7 Å². The Balaban J connectivity index is 2.05. The molecule has 1 aliphatic carbocycles. The molecule has 0 heterocycles. The van der Waals surface area contributed by atoms with E-state index in [1.807, 2.05) is 32.0 Å². The largest absolute Gasteiger partial charge is 0.497 e. The maximum atomic E-state index is 14.8. The summed E-state index contributed by atoms with van der Waals surface area (Å²) in [5.74, 6) is 0.369. The Bertz CT molecular complexity index is 799. The van der Waals surface area contributed by atoms with Crippen LogP contribution in [0.25, 0.3) is 11.1 Å². The summed E-state index contributed by atoms with van der Waals surface area (Å²) in [7, 11) is 1.59. The van der Waals surface area contributed by atoms with Crippen molar-refractivity contribution >= 4 is 6.09 Å². The van der Waals surface area contributed by atoms with Gasteiger partial charge in [-0.05, 0) is 59.2 Å². The van der Waals surface area contributed by atoms with Crippen LogP contribution in [0.3, 0.4) is 0 Å². The van der Waals surface area contributed by atoms with Gasteiger partial charge in [0.25, 0.3) is 0 Å². The molecule has 3 rings (SSSR count). The van der Waals surface area contributed by atoms with Gasteiger partial charge in [-0.1, -0.05) is 26.0 Å². The fraction of sp³-hybridized carbons (Fsp3) is 0.350. The Morgan fingerprint density at radius 3 is 2.56 bits per heavy atom. The number of rotatable bonds is 3. The van der Waals surface area contributed by atoms with Crippen LogP contribution in [0.1, 0.15) is 37.4 Å². The molecule has 2 N–H and O–H groups in total. The minimum Gasteiger partial charge on any atom is -0.497 e. The summed E-state index contributed by atoms with van der Waals surface area (Å²) < 4.78 is 19.9. The molecule has 0 saturated heterocycles. The predicted molar refractivity (Wildman–Crippen MR) is 94.4 cm³/mol. The molecule has 0 bridgehead atoms. The zero-order chi connectivity index (χ0) is 18.2. The van der Waals surface area contributed by atoms with E-state index >= 15 is 0 Å². The van der Waals surface area contributed by atoms with Crippen LogP contribution >= 0.6 is 0 Å². The summed E-state index contributed by atoms with van der Waals surface area (Å²) in [5.41, 5.74) is 2.75. The molecule has 0 spiro atoms. The van der Waals surface area contributed by atoms with Crippen LogP contribution in [-0.4, -0.2) is 18.3 Å². The van der Waals surface area contributed by atoms with Gasteiger partial charge in [-0.25, -0.2) is 9.18 Å². The van der Waals surface area contributed by atoms with Crippen LogP contribution in [0.15, 0.2) is 36.4 Å². The number of ether oxygens (including phenoxy) is 1. The molecule has 0 saturated carbocycles. The first-order valence-corrected chi connectivity index (χ1v) is 8.28. The van der Waals surface area contributed by atoms with E-state index in [-0.39, 0.29) is 11.2 Å². The Kier molecular flexibility index (Phi) is 4.41. The summed E-state index contributed by atoms with van der Waals surface area (Å²) in [4.78, 5) is 11.2. The van der Waals surface area contributed by atoms with Crippen molar-refractivity contribution < 1.29 is 19.0 Å². The number of aryl methyl sites for hydroxylation is 1. The Labute approximate surface area is 146 Å². The average molecular weight is 343 g/mol. The van der Waals surface area contributed by atoms with Crippen LogP contribution in [0.5, 0.6) is 5.75 Å².